The molecule has 25 heavy (non-hydrogen) atoms. The SMILES string of the molecule is Cc1ccc(NS(=O)(=O)c2ccc3c(c2)-c2oncc2CO3)cc1C. The Morgan fingerprint density at radius 3 is 2.72 bits per heavy atom. The highest BCUT2D eigenvalue weighted by molar-refractivity contribution is 7.92. The molecule has 0 saturated heterocycles. The first-order valence-electron chi connectivity index (χ1n) is 7.75. The van der Waals surface area contributed by atoms with Crippen LogP contribution < -0.4 is 9.46 Å². The van der Waals surface area contributed by atoms with Crippen LogP contribution in [-0.2, 0) is 16.6 Å². The van der Waals surface area contributed by atoms with Gasteiger partial charge in [0.15, 0.2) is 5.76 Å². The van der Waals surface area contributed by atoms with Crippen molar-refractivity contribution in [3.63, 3.8) is 0 Å². The summed E-state index contributed by atoms with van der Waals surface area (Å²) in [7, 11) is -3.73. The lowest BCUT2D eigenvalue weighted by Gasteiger charge is -2.17. The third-order valence-corrected chi connectivity index (χ3v) is 5.67. The van der Waals surface area contributed by atoms with E-state index in [1.165, 1.54) is 6.07 Å². The van der Waals surface area contributed by atoms with Gasteiger partial charge in [-0.05, 0) is 55.3 Å². The van der Waals surface area contributed by atoms with Crippen LogP contribution in [0.2, 0.25) is 0 Å². The Bertz CT molecular complexity index is 1070. The van der Waals surface area contributed by atoms with Crippen molar-refractivity contribution < 1.29 is 17.7 Å². The van der Waals surface area contributed by atoms with Gasteiger partial charge in [0, 0.05) is 5.69 Å². The average molecular weight is 356 g/mol. The van der Waals surface area contributed by atoms with E-state index in [-0.39, 0.29) is 4.90 Å². The number of ether oxygens (including phenoxy) is 1. The third-order valence-electron chi connectivity index (χ3n) is 4.29. The first-order valence-corrected chi connectivity index (χ1v) is 9.23. The predicted octanol–water partition coefficient (Wildman–Crippen LogP) is 3.65. The number of fused-ring (bicyclic) bond motifs is 3. The Labute approximate surface area is 145 Å². The molecular weight excluding hydrogens is 340 g/mol. The van der Waals surface area contributed by atoms with Gasteiger partial charge in [0.2, 0.25) is 0 Å². The number of rotatable bonds is 3. The second kappa shape index (κ2) is 5.63. The van der Waals surface area contributed by atoms with Gasteiger partial charge in [-0.2, -0.15) is 0 Å². The molecule has 1 aromatic heterocycles. The molecule has 3 aromatic rings. The van der Waals surface area contributed by atoms with Crippen LogP contribution in [0, 0.1) is 13.8 Å². The monoisotopic (exact) mass is 356 g/mol. The highest BCUT2D eigenvalue weighted by Gasteiger charge is 2.24. The van der Waals surface area contributed by atoms with Gasteiger partial charge in [-0.15, -0.1) is 0 Å². The van der Waals surface area contributed by atoms with Gasteiger partial charge in [0.1, 0.15) is 12.4 Å². The van der Waals surface area contributed by atoms with Gasteiger partial charge in [0.25, 0.3) is 10.0 Å². The normalized spacial score (nSPS) is 12.9. The van der Waals surface area contributed by atoms with Gasteiger partial charge in [-0.25, -0.2) is 8.42 Å². The Kier molecular flexibility index (Phi) is 3.54. The number of hydrogen-bond donors (Lipinski definition) is 1. The molecule has 0 fully saturated rings. The van der Waals surface area contributed by atoms with Crippen molar-refractivity contribution in [1.29, 1.82) is 0 Å². The maximum absolute atomic E-state index is 12.7. The maximum Gasteiger partial charge on any atom is 0.261 e. The molecule has 7 heteroatoms. The Morgan fingerprint density at radius 2 is 1.92 bits per heavy atom. The molecule has 128 valence electrons. The fourth-order valence-corrected chi connectivity index (χ4v) is 3.81. The molecular formula is C18H16N2O4S. The second-order valence-corrected chi connectivity index (χ2v) is 7.71. The molecule has 1 N–H and O–H groups in total. The van der Waals surface area contributed by atoms with Crippen LogP contribution in [0.25, 0.3) is 11.3 Å². The molecule has 0 atom stereocenters. The Hall–Kier alpha value is -2.80. The first-order chi connectivity index (χ1) is 11.9. The molecule has 1 aliphatic heterocycles. The molecule has 0 spiro atoms. The lowest BCUT2D eigenvalue weighted by atomic mass is 10.1. The summed E-state index contributed by atoms with van der Waals surface area (Å²) in [5.74, 6) is 1.12. The minimum Gasteiger partial charge on any atom is -0.488 e. The molecule has 0 amide bonds. The maximum atomic E-state index is 12.7. The topological polar surface area (TPSA) is 81.4 Å². The highest BCUT2D eigenvalue weighted by atomic mass is 32.2. The summed E-state index contributed by atoms with van der Waals surface area (Å²) in [5, 5.41) is 3.76. The quantitative estimate of drug-likeness (QED) is 0.775. The molecule has 0 bridgehead atoms. The van der Waals surface area contributed by atoms with Gasteiger partial charge in [0.05, 0.1) is 22.2 Å². The molecule has 0 aliphatic carbocycles. The lowest BCUT2D eigenvalue weighted by molar-refractivity contribution is 0.297. The number of aryl methyl sites for hydroxylation is 2. The fraction of sp³-hybridized carbons (Fsp3) is 0.167. The number of benzene rings is 2. The van der Waals surface area contributed by atoms with Crippen LogP contribution in [0.3, 0.4) is 0 Å². The summed E-state index contributed by atoms with van der Waals surface area (Å²) < 4.78 is 38.9. The zero-order chi connectivity index (χ0) is 17.6. The predicted molar refractivity (Wildman–Crippen MR) is 93.0 cm³/mol. The summed E-state index contributed by atoms with van der Waals surface area (Å²) in [6.07, 6.45) is 1.58. The van der Waals surface area contributed by atoms with Gasteiger partial charge in [-0.3, -0.25) is 4.72 Å². The smallest absolute Gasteiger partial charge is 0.261 e. The zero-order valence-electron chi connectivity index (χ0n) is 13.7. The summed E-state index contributed by atoms with van der Waals surface area (Å²) in [4.78, 5) is 0.136. The van der Waals surface area contributed by atoms with Crippen LogP contribution in [0.5, 0.6) is 5.75 Å². The van der Waals surface area contributed by atoms with Crippen molar-refractivity contribution in [1.82, 2.24) is 5.16 Å². The van der Waals surface area contributed by atoms with Crippen LogP contribution in [0.4, 0.5) is 5.69 Å². The summed E-state index contributed by atoms with van der Waals surface area (Å²) in [6, 6.07) is 10.1. The molecule has 4 rings (SSSR count). The van der Waals surface area contributed by atoms with Crippen LogP contribution in [-0.4, -0.2) is 13.6 Å². The minimum atomic E-state index is -3.73. The van der Waals surface area contributed by atoms with E-state index in [1.54, 1.807) is 24.4 Å². The van der Waals surface area contributed by atoms with Crippen LogP contribution in [0.15, 0.2) is 52.0 Å². The van der Waals surface area contributed by atoms with E-state index in [4.69, 9.17) is 9.26 Å². The number of hydrogen-bond acceptors (Lipinski definition) is 5. The molecule has 0 unspecified atom stereocenters. The van der Waals surface area contributed by atoms with Crippen molar-refractivity contribution in [2.45, 2.75) is 25.3 Å². The van der Waals surface area contributed by atoms with Crippen LogP contribution in [0.1, 0.15) is 16.7 Å². The Morgan fingerprint density at radius 1 is 1.08 bits per heavy atom. The van der Waals surface area contributed by atoms with E-state index < -0.39 is 10.0 Å². The van der Waals surface area contributed by atoms with Crippen molar-refractivity contribution in [3.8, 4) is 17.1 Å². The lowest BCUT2D eigenvalue weighted by Crippen LogP contribution is -2.14. The average Bonchev–Trinajstić information content (AvgIpc) is 3.06. The highest BCUT2D eigenvalue weighted by Crippen LogP contribution is 2.38. The molecule has 1 aliphatic rings. The van der Waals surface area contributed by atoms with E-state index >= 15 is 0 Å². The number of nitrogens with one attached hydrogen (secondary N) is 1. The van der Waals surface area contributed by atoms with E-state index in [1.807, 2.05) is 26.0 Å². The second-order valence-electron chi connectivity index (χ2n) is 6.03. The summed E-state index contributed by atoms with van der Waals surface area (Å²) in [5.41, 5.74) is 4.03. The molecule has 2 aromatic carbocycles. The summed E-state index contributed by atoms with van der Waals surface area (Å²) in [6.45, 7) is 4.28. The van der Waals surface area contributed by atoms with Crippen molar-refractivity contribution in [3.05, 3.63) is 59.3 Å². The van der Waals surface area contributed by atoms with E-state index in [9.17, 15) is 8.42 Å². The molecule has 0 saturated carbocycles. The number of nitrogens with zero attached hydrogens (tertiary/aromatic N) is 1. The minimum absolute atomic E-state index is 0.136. The first kappa shape index (κ1) is 15.7. The summed E-state index contributed by atoms with van der Waals surface area (Å²) >= 11 is 0. The van der Waals surface area contributed by atoms with E-state index in [0.717, 1.165) is 16.7 Å². The van der Waals surface area contributed by atoms with Crippen molar-refractivity contribution >= 4 is 15.7 Å². The van der Waals surface area contributed by atoms with Gasteiger partial charge >= 0.3 is 0 Å². The number of sulfonamides is 1. The molecule has 6 nitrogen and oxygen atoms in total. The third kappa shape index (κ3) is 2.76. The standard InChI is InChI=1S/C18H16N2O4S/c1-11-3-4-14(7-12(11)2)20-25(21,22)15-5-6-17-16(8-15)18-13(10-23-17)9-19-24-18/h3-9,20H,10H2,1-2H3. The molecule has 0 radical (unpaired) electrons. The van der Waals surface area contributed by atoms with E-state index in [2.05, 4.69) is 9.88 Å². The Balaban J connectivity index is 1.72. The van der Waals surface area contributed by atoms with Crippen molar-refractivity contribution in [2.75, 3.05) is 4.72 Å². The van der Waals surface area contributed by atoms with Gasteiger partial charge < -0.3 is 9.26 Å². The molecule has 2 heterocycles. The number of aromatic nitrogens is 1. The fourth-order valence-electron chi connectivity index (χ4n) is 2.74. The largest absolute Gasteiger partial charge is 0.488 e. The zero-order valence-corrected chi connectivity index (χ0v) is 14.6. The number of anilines is 1. The van der Waals surface area contributed by atoms with Crippen molar-refractivity contribution in [2.24, 2.45) is 0 Å². The van der Waals surface area contributed by atoms with Gasteiger partial charge in [-0.1, -0.05) is 11.2 Å². The van der Waals surface area contributed by atoms with Crippen LogP contribution >= 0.6 is 0 Å². The van der Waals surface area contributed by atoms with E-state index in [0.29, 0.717) is 29.4 Å².